The summed E-state index contributed by atoms with van der Waals surface area (Å²) in [6.07, 6.45) is 0. The third-order valence-electron chi connectivity index (χ3n) is 2.88. The van der Waals surface area contributed by atoms with E-state index in [0.717, 1.165) is 11.1 Å². The van der Waals surface area contributed by atoms with Gasteiger partial charge >= 0.3 is 0 Å². The summed E-state index contributed by atoms with van der Waals surface area (Å²) in [4.78, 5) is 11.4. The zero-order chi connectivity index (χ0) is 13.8. The first kappa shape index (κ1) is 13.0. The molecule has 0 aliphatic rings. The molecule has 2 aromatic carbocycles. The number of para-hydroxylation sites is 2. The van der Waals surface area contributed by atoms with Gasteiger partial charge in [0.15, 0.2) is 0 Å². The highest BCUT2D eigenvalue weighted by atomic mass is 16.5. The van der Waals surface area contributed by atoms with Gasteiger partial charge in [0.25, 0.3) is 5.91 Å². The highest BCUT2D eigenvalue weighted by molar-refractivity contribution is 5.98. The SMILES string of the molecule is COc1ccccc1-c1cccc(C(N)=O)c1OC. The summed E-state index contributed by atoms with van der Waals surface area (Å²) in [6, 6.07) is 12.8. The summed E-state index contributed by atoms with van der Waals surface area (Å²) >= 11 is 0. The Morgan fingerprint density at radius 3 is 2.26 bits per heavy atom. The number of carbonyl (C=O) groups excluding carboxylic acids is 1. The molecule has 2 aromatic rings. The second kappa shape index (κ2) is 5.44. The van der Waals surface area contributed by atoms with Gasteiger partial charge in [-0.25, -0.2) is 0 Å². The lowest BCUT2D eigenvalue weighted by atomic mass is 10.00. The van der Waals surface area contributed by atoms with E-state index in [9.17, 15) is 4.79 Å². The molecule has 0 heterocycles. The summed E-state index contributed by atoms with van der Waals surface area (Å²) in [5, 5.41) is 0. The van der Waals surface area contributed by atoms with Crippen LogP contribution in [-0.2, 0) is 0 Å². The Morgan fingerprint density at radius 2 is 1.63 bits per heavy atom. The summed E-state index contributed by atoms with van der Waals surface area (Å²) in [7, 11) is 3.12. The van der Waals surface area contributed by atoms with Gasteiger partial charge in [-0.05, 0) is 12.1 Å². The molecule has 98 valence electrons. The molecule has 2 N–H and O–H groups in total. The van der Waals surface area contributed by atoms with Gasteiger partial charge in [0, 0.05) is 11.1 Å². The van der Waals surface area contributed by atoms with Crippen molar-refractivity contribution in [2.75, 3.05) is 14.2 Å². The Morgan fingerprint density at radius 1 is 0.947 bits per heavy atom. The van der Waals surface area contributed by atoms with Crippen molar-refractivity contribution in [3.05, 3.63) is 48.0 Å². The predicted molar refractivity (Wildman–Crippen MR) is 73.5 cm³/mol. The second-order valence-corrected chi connectivity index (χ2v) is 3.95. The van der Waals surface area contributed by atoms with E-state index in [1.165, 1.54) is 7.11 Å². The molecule has 0 aliphatic carbocycles. The van der Waals surface area contributed by atoms with Gasteiger partial charge in [0.05, 0.1) is 19.8 Å². The minimum atomic E-state index is -0.520. The number of carbonyl (C=O) groups is 1. The third-order valence-corrected chi connectivity index (χ3v) is 2.88. The highest BCUT2D eigenvalue weighted by Crippen LogP contribution is 2.37. The van der Waals surface area contributed by atoms with Crippen molar-refractivity contribution in [2.24, 2.45) is 5.73 Å². The van der Waals surface area contributed by atoms with Crippen molar-refractivity contribution in [1.29, 1.82) is 0 Å². The first-order valence-electron chi connectivity index (χ1n) is 5.79. The van der Waals surface area contributed by atoms with E-state index in [-0.39, 0.29) is 0 Å². The summed E-state index contributed by atoms with van der Waals surface area (Å²) in [6.45, 7) is 0. The van der Waals surface area contributed by atoms with Crippen LogP contribution in [0.2, 0.25) is 0 Å². The minimum Gasteiger partial charge on any atom is -0.496 e. The molecule has 2 rings (SSSR count). The van der Waals surface area contributed by atoms with Gasteiger partial charge in [-0.3, -0.25) is 4.79 Å². The zero-order valence-corrected chi connectivity index (χ0v) is 10.8. The number of hydrogen-bond donors (Lipinski definition) is 1. The molecule has 0 fully saturated rings. The third kappa shape index (κ3) is 2.38. The van der Waals surface area contributed by atoms with Crippen LogP contribution in [0, 0.1) is 0 Å². The maximum absolute atomic E-state index is 11.4. The van der Waals surface area contributed by atoms with Gasteiger partial charge in [-0.15, -0.1) is 0 Å². The van der Waals surface area contributed by atoms with Gasteiger partial charge in [-0.1, -0.05) is 30.3 Å². The zero-order valence-electron chi connectivity index (χ0n) is 10.8. The number of methoxy groups -OCH3 is 2. The van der Waals surface area contributed by atoms with E-state index >= 15 is 0 Å². The van der Waals surface area contributed by atoms with Gasteiger partial charge in [-0.2, -0.15) is 0 Å². The van der Waals surface area contributed by atoms with Crippen molar-refractivity contribution < 1.29 is 14.3 Å². The van der Waals surface area contributed by atoms with E-state index < -0.39 is 5.91 Å². The van der Waals surface area contributed by atoms with Crippen LogP contribution in [0.5, 0.6) is 11.5 Å². The normalized spacial score (nSPS) is 10.0. The van der Waals surface area contributed by atoms with Crippen LogP contribution < -0.4 is 15.2 Å². The van der Waals surface area contributed by atoms with Crippen LogP contribution >= 0.6 is 0 Å². The standard InChI is InChI=1S/C15H15NO3/c1-18-13-9-4-3-6-10(13)11-7-5-8-12(15(16)17)14(11)19-2/h3-9H,1-2H3,(H2,16,17). The van der Waals surface area contributed by atoms with Crippen LogP contribution in [0.15, 0.2) is 42.5 Å². The molecule has 0 saturated heterocycles. The largest absolute Gasteiger partial charge is 0.496 e. The second-order valence-electron chi connectivity index (χ2n) is 3.95. The van der Waals surface area contributed by atoms with Crippen molar-refractivity contribution >= 4 is 5.91 Å². The predicted octanol–water partition coefficient (Wildman–Crippen LogP) is 2.47. The molecule has 1 amide bonds. The van der Waals surface area contributed by atoms with Crippen LogP contribution in [0.4, 0.5) is 0 Å². The average molecular weight is 257 g/mol. The fourth-order valence-electron chi connectivity index (χ4n) is 2.03. The van der Waals surface area contributed by atoms with Crippen LogP contribution in [0.1, 0.15) is 10.4 Å². The molecule has 19 heavy (non-hydrogen) atoms. The first-order valence-corrected chi connectivity index (χ1v) is 5.79. The van der Waals surface area contributed by atoms with E-state index in [1.54, 1.807) is 19.2 Å². The minimum absolute atomic E-state index is 0.353. The number of primary amides is 1. The van der Waals surface area contributed by atoms with Crippen LogP contribution in [0.25, 0.3) is 11.1 Å². The lowest BCUT2D eigenvalue weighted by Crippen LogP contribution is -2.12. The Balaban J connectivity index is 2.68. The first-order chi connectivity index (χ1) is 9.19. The summed E-state index contributed by atoms with van der Waals surface area (Å²) < 4.78 is 10.7. The van der Waals surface area contributed by atoms with Crippen LogP contribution in [-0.4, -0.2) is 20.1 Å². The Hall–Kier alpha value is -2.49. The fourth-order valence-corrected chi connectivity index (χ4v) is 2.03. The van der Waals surface area contributed by atoms with Crippen molar-refractivity contribution in [2.45, 2.75) is 0 Å². The number of hydrogen-bond acceptors (Lipinski definition) is 3. The smallest absolute Gasteiger partial charge is 0.252 e. The Bertz CT molecular complexity index is 608. The molecule has 0 aliphatic heterocycles. The monoisotopic (exact) mass is 257 g/mol. The van der Waals surface area contributed by atoms with E-state index in [1.807, 2.05) is 30.3 Å². The molecule has 0 radical (unpaired) electrons. The molecular weight excluding hydrogens is 242 g/mol. The van der Waals surface area contributed by atoms with E-state index in [0.29, 0.717) is 17.1 Å². The Kier molecular flexibility index (Phi) is 3.71. The molecule has 4 nitrogen and oxygen atoms in total. The molecule has 0 spiro atoms. The van der Waals surface area contributed by atoms with Crippen LogP contribution in [0.3, 0.4) is 0 Å². The maximum Gasteiger partial charge on any atom is 0.252 e. The lowest BCUT2D eigenvalue weighted by molar-refractivity contribution is 0.0997. The van der Waals surface area contributed by atoms with Gasteiger partial charge in [0.1, 0.15) is 11.5 Å². The molecule has 0 aromatic heterocycles. The quantitative estimate of drug-likeness (QED) is 0.915. The summed E-state index contributed by atoms with van der Waals surface area (Å²) in [5.74, 6) is 0.649. The number of nitrogens with two attached hydrogens (primary N) is 1. The van der Waals surface area contributed by atoms with Crippen molar-refractivity contribution in [1.82, 2.24) is 0 Å². The summed E-state index contributed by atoms with van der Waals surface area (Å²) in [5.41, 5.74) is 7.34. The topological polar surface area (TPSA) is 61.5 Å². The van der Waals surface area contributed by atoms with Gasteiger partial charge in [0.2, 0.25) is 0 Å². The number of benzene rings is 2. The average Bonchev–Trinajstić information content (AvgIpc) is 2.46. The highest BCUT2D eigenvalue weighted by Gasteiger charge is 2.16. The molecular formula is C15H15NO3. The molecule has 0 atom stereocenters. The molecule has 0 bridgehead atoms. The lowest BCUT2D eigenvalue weighted by Gasteiger charge is -2.14. The molecule has 0 unspecified atom stereocenters. The number of amides is 1. The van der Waals surface area contributed by atoms with Crippen molar-refractivity contribution in [3.63, 3.8) is 0 Å². The maximum atomic E-state index is 11.4. The van der Waals surface area contributed by atoms with E-state index in [4.69, 9.17) is 15.2 Å². The number of ether oxygens (including phenoxy) is 2. The molecule has 0 saturated carbocycles. The van der Waals surface area contributed by atoms with Crippen molar-refractivity contribution in [3.8, 4) is 22.6 Å². The Labute approximate surface area is 111 Å². The number of rotatable bonds is 4. The fraction of sp³-hybridized carbons (Fsp3) is 0.133. The van der Waals surface area contributed by atoms with E-state index in [2.05, 4.69) is 0 Å². The molecule has 4 heteroatoms. The van der Waals surface area contributed by atoms with Gasteiger partial charge < -0.3 is 15.2 Å².